The number of aromatic nitrogens is 1. The second kappa shape index (κ2) is 4.26. The molecule has 0 fully saturated rings. The van der Waals surface area contributed by atoms with E-state index in [-0.39, 0.29) is 11.9 Å². The van der Waals surface area contributed by atoms with Gasteiger partial charge in [-0.3, -0.25) is 0 Å². The van der Waals surface area contributed by atoms with Crippen LogP contribution < -0.4 is 5.32 Å². The molecular formula is C8H10ClFN2. The molecule has 4 heteroatoms. The third kappa shape index (κ3) is 2.66. The zero-order valence-electron chi connectivity index (χ0n) is 6.72. The van der Waals surface area contributed by atoms with E-state index in [2.05, 4.69) is 10.3 Å². The van der Waals surface area contributed by atoms with E-state index in [1.165, 1.54) is 12.3 Å². The lowest BCUT2D eigenvalue weighted by Gasteiger charge is -2.09. The minimum Gasteiger partial charge on any atom is -0.366 e. The van der Waals surface area contributed by atoms with Gasteiger partial charge in [-0.15, -0.1) is 11.6 Å². The molecule has 2 nitrogen and oxygen atoms in total. The zero-order valence-corrected chi connectivity index (χ0v) is 7.48. The topological polar surface area (TPSA) is 24.9 Å². The van der Waals surface area contributed by atoms with Gasteiger partial charge in [-0.2, -0.15) is 0 Å². The third-order valence-electron chi connectivity index (χ3n) is 1.35. The summed E-state index contributed by atoms with van der Waals surface area (Å²) in [5.41, 5.74) is 0. The molecule has 0 amide bonds. The summed E-state index contributed by atoms with van der Waals surface area (Å²) in [6.45, 7) is 1.93. The number of hydrogen-bond donors (Lipinski definition) is 1. The van der Waals surface area contributed by atoms with Crippen molar-refractivity contribution in [3.05, 3.63) is 24.1 Å². The number of pyridine rings is 1. The molecule has 1 aromatic heterocycles. The summed E-state index contributed by atoms with van der Waals surface area (Å²) >= 11 is 5.57. The van der Waals surface area contributed by atoms with Crippen molar-refractivity contribution < 1.29 is 4.39 Å². The molecule has 1 atom stereocenters. The normalized spacial score (nSPS) is 12.6. The molecule has 0 aromatic carbocycles. The van der Waals surface area contributed by atoms with Crippen LogP contribution in [0.3, 0.4) is 0 Å². The van der Waals surface area contributed by atoms with Crippen LogP contribution in [-0.2, 0) is 0 Å². The lowest BCUT2D eigenvalue weighted by molar-refractivity contribution is 0.621. The second-order valence-electron chi connectivity index (χ2n) is 2.56. The van der Waals surface area contributed by atoms with Gasteiger partial charge in [0.15, 0.2) is 0 Å². The number of nitrogens with zero attached hydrogens (tertiary/aromatic N) is 1. The highest BCUT2D eigenvalue weighted by molar-refractivity contribution is 6.18. The van der Waals surface area contributed by atoms with E-state index >= 15 is 0 Å². The van der Waals surface area contributed by atoms with Crippen molar-refractivity contribution in [2.24, 2.45) is 0 Å². The average Bonchev–Trinajstić information content (AvgIpc) is 2.09. The van der Waals surface area contributed by atoms with Gasteiger partial charge in [-0.25, -0.2) is 9.37 Å². The van der Waals surface area contributed by atoms with Crippen molar-refractivity contribution in [1.82, 2.24) is 4.98 Å². The predicted molar refractivity (Wildman–Crippen MR) is 48.0 cm³/mol. The van der Waals surface area contributed by atoms with E-state index < -0.39 is 0 Å². The Morgan fingerprint density at radius 1 is 1.67 bits per heavy atom. The van der Waals surface area contributed by atoms with Gasteiger partial charge in [0.2, 0.25) is 0 Å². The molecular weight excluding hydrogens is 179 g/mol. The molecule has 0 radical (unpaired) electrons. The van der Waals surface area contributed by atoms with Gasteiger partial charge < -0.3 is 5.32 Å². The molecule has 1 aromatic rings. The molecule has 1 heterocycles. The summed E-state index contributed by atoms with van der Waals surface area (Å²) in [6, 6.07) is 3.08. The molecule has 0 saturated carbocycles. The number of halogens is 2. The fraction of sp³-hybridized carbons (Fsp3) is 0.375. The van der Waals surface area contributed by atoms with Gasteiger partial charge in [-0.05, 0) is 19.1 Å². The summed E-state index contributed by atoms with van der Waals surface area (Å²) in [6.07, 6.45) is 1.17. The smallest absolute Gasteiger partial charge is 0.141 e. The van der Waals surface area contributed by atoms with Crippen molar-refractivity contribution in [2.75, 3.05) is 11.2 Å². The summed E-state index contributed by atoms with van der Waals surface area (Å²) in [5.74, 6) is 0.808. The number of hydrogen-bond acceptors (Lipinski definition) is 2. The van der Waals surface area contributed by atoms with E-state index in [1.807, 2.05) is 6.92 Å². The quantitative estimate of drug-likeness (QED) is 0.737. The Morgan fingerprint density at radius 2 is 2.42 bits per heavy atom. The van der Waals surface area contributed by atoms with Crippen molar-refractivity contribution in [2.45, 2.75) is 13.0 Å². The van der Waals surface area contributed by atoms with Crippen molar-refractivity contribution in [3.63, 3.8) is 0 Å². The average molecular weight is 189 g/mol. The van der Waals surface area contributed by atoms with E-state index in [1.54, 1.807) is 6.07 Å². The lowest BCUT2D eigenvalue weighted by Crippen LogP contribution is -2.17. The van der Waals surface area contributed by atoms with Crippen LogP contribution in [0.5, 0.6) is 0 Å². The number of alkyl halides is 1. The first kappa shape index (κ1) is 9.26. The first-order valence-electron chi connectivity index (χ1n) is 3.66. The Hall–Kier alpha value is -0.830. The molecule has 12 heavy (non-hydrogen) atoms. The molecule has 66 valence electrons. The minimum atomic E-state index is -0.334. The summed E-state index contributed by atoms with van der Waals surface area (Å²) in [4.78, 5) is 3.82. The Morgan fingerprint density at radius 3 is 2.92 bits per heavy atom. The highest BCUT2D eigenvalue weighted by Crippen LogP contribution is 2.05. The maximum Gasteiger partial charge on any atom is 0.141 e. The van der Waals surface area contributed by atoms with Gasteiger partial charge in [0.05, 0.1) is 6.20 Å². The molecule has 0 spiro atoms. The number of anilines is 1. The summed E-state index contributed by atoms with van der Waals surface area (Å²) in [5, 5.41) is 3.01. The van der Waals surface area contributed by atoms with E-state index in [9.17, 15) is 4.39 Å². The first-order chi connectivity index (χ1) is 5.72. The van der Waals surface area contributed by atoms with E-state index in [0.717, 1.165) is 0 Å². The van der Waals surface area contributed by atoms with Crippen LogP contribution in [0.4, 0.5) is 10.2 Å². The Kier molecular flexibility index (Phi) is 3.29. The number of nitrogens with one attached hydrogen (secondary N) is 1. The monoisotopic (exact) mass is 188 g/mol. The standard InChI is InChI=1S/C8H10ClFN2/c1-6(4-9)12-8-3-2-7(10)5-11-8/h2-3,5-6H,4H2,1H3,(H,11,12). The van der Waals surface area contributed by atoms with Crippen LogP contribution in [0.15, 0.2) is 18.3 Å². The van der Waals surface area contributed by atoms with Crippen LogP contribution in [0, 0.1) is 5.82 Å². The Balaban J connectivity index is 2.58. The number of rotatable bonds is 3. The highest BCUT2D eigenvalue weighted by Gasteiger charge is 1.99. The molecule has 0 aliphatic rings. The van der Waals surface area contributed by atoms with Crippen molar-refractivity contribution >= 4 is 17.4 Å². The van der Waals surface area contributed by atoms with E-state index in [0.29, 0.717) is 11.7 Å². The van der Waals surface area contributed by atoms with Crippen LogP contribution >= 0.6 is 11.6 Å². The van der Waals surface area contributed by atoms with Crippen LogP contribution in [0.1, 0.15) is 6.92 Å². The van der Waals surface area contributed by atoms with Crippen LogP contribution in [-0.4, -0.2) is 16.9 Å². The van der Waals surface area contributed by atoms with Gasteiger partial charge >= 0.3 is 0 Å². The maximum atomic E-state index is 12.4. The summed E-state index contributed by atoms with van der Waals surface area (Å²) in [7, 11) is 0. The van der Waals surface area contributed by atoms with E-state index in [4.69, 9.17) is 11.6 Å². The molecule has 0 bridgehead atoms. The van der Waals surface area contributed by atoms with Gasteiger partial charge in [-0.1, -0.05) is 0 Å². The summed E-state index contributed by atoms with van der Waals surface area (Å²) < 4.78 is 12.4. The van der Waals surface area contributed by atoms with Crippen molar-refractivity contribution in [3.8, 4) is 0 Å². The third-order valence-corrected chi connectivity index (χ3v) is 1.82. The second-order valence-corrected chi connectivity index (χ2v) is 2.87. The molecule has 1 N–H and O–H groups in total. The first-order valence-corrected chi connectivity index (χ1v) is 4.20. The Bertz CT molecular complexity index is 237. The van der Waals surface area contributed by atoms with Gasteiger partial charge in [0.1, 0.15) is 11.6 Å². The molecule has 0 saturated heterocycles. The fourth-order valence-electron chi connectivity index (χ4n) is 0.752. The molecule has 1 unspecified atom stereocenters. The van der Waals surface area contributed by atoms with Crippen LogP contribution in [0.2, 0.25) is 0 Å². The molecule has 0 aliphatic heterocycles. The lowest BCUT2D eigenvalue weighted by atomic mass is 10.3. The zero-order chi connectivity index (χ0) is 8.97. The minimum absolute atomic E-state index is 0.143. The van der Waals surface area contributed by atoms with Gasteiger partial charge in [0, 0.05) is 11.9 Å². The highest BCUT2D eigenvalue weighted by atomic mass is 35.5. The maximum absolute atomic E-state index is 12.4. The fourth-order valence-corrected chi connectivity index (χ4v) is 0.829. The SMILES string of the molecule is CC(CCl)Nc1ccc(F)cn1. The molecule has 0 aliphatic carbocycles. The van der Waals surface area contributed by atoms with Crippen LogP contribution in [0.25, 0.3) is 0 Å². The Labute approximate surface area is 75.8 Å². The van der Waals surface area contributed by atoms with Gasteiger partial charge in [0.25, 0.3) is 0 Å². The largest absolute Gasteiger partial charge is 0.366 e. The van der Waals surface area contributed by atoms with Crippen molar-refractivity contribution in [1.29, 1.82) is 0 Å². The molecule has 1 rings (SSSR count). The predicted octanol–water partition coefficient (Wildman–Crippen LogP) is 2.26.